The molecule has 3 aliphatic carbocycles. The predicted molar refractivity (Wildman–Crippen MR) is 113 cm³/mol. The van der Waals surface area contributed by atoms with Crippen LogP contribution < -0.4 is 0 Å². The van der Waals surface area contributed by atoms with E-state index in [9.17, 15) is 9.90 Å². The molecule has 1 aromatic heterocycles. The van der Waals surface area contributed by atoms with Gasteiger partial charge in [-0.25, -0.2) is 4.98 Å². The maximum absolute atomic E-state index is 12.2. The Hall–Kier alpha value is -1.88. The summed E-state index contributed by atoms with van der Waals surface area (Å²) in [6.45, 7) is 4.67. The lowest BCUT2D eigenvalue weighted by Gasteiger charge is -2.59. The predicted octanol–water partition coefficient (Wildman–Crippen LogP) is 3.41. The summed E-state index contributed by atoms with van der Waals surface area (Å²) in [6.07, 6.45) is 14.9. The molecule has 1 N–H and O–H groups in total. The molecule has 1 aliphatic heterocycles. The molecule has 0 spiro atoms. The number of carbonyl (C=O) groups is 1. The van der Waals surface area contributed by atoms with Gasteiger partial charge in [0.1, 0.15) is 5.82 Å². The van der Waals surface area contributed by atoms with Crippen molar-refractivity contribution in [3.63, 3.8) is 0 Å². The highest BCUT2D eigenvalue weighted by molar-refractivity contribution is 5.89. The van der Waals surface area contributed by atoms with E-state index in [1.165, 1.54) is 0 Å². The van der Waals surface area contributed by atoms with E-state index in [1.54, 1.807) is 6.08 Å². The molecule has 1 amide bonds. The van der Waals surface area contributed by atoms with Crippen molar-refractivity contribution in [3.8, 4) is 0 Å². The standard InChI is InChI=1S/C24H33N3O2/c1-23-10-8-21(28)27(4)19(23)6-5-16-17(23)7-9-24(2)18(16)13-15(22(24)29)14-20-25-11-12-26(20)3/h8,10-12,14,16-19,22,29H,5-7,9,13H2,1-4H3/t16-,17-,18+,19?,22?,23-,24+/m1/s1. The fourth-order valence-corrected chi connectivity index (χ4v) is 7.42. The second-order valence-electron chi connectivity index (χ2n) is 10.4. The zero-order valence-corrected chi connectivity index (χ0v) is 18.0. The topological polar surface area (TPSA) is 58.4 Å². The highest BCUT2D eigenvalue weighted by atomic mass is 16.3. The lowest BCUT2D eigenvalue weighted by Crippen LogP contribution is -2.59. The van der Waals surface area contributed by atoms with Crippen molar-refractivity contribution in [2.24, 2.45) is 35.6 Å². The van der Waals surface area contributed by atoms with Crippen molar-refractivity contribution in [2.75, 3.05) is 7.05 Å². The van der Waals surface area contributed by atoms with Crippen LogP contribution >= 0.6 is 0 Å². The van der Waals surface area contributed by atoms with Crippen LogP contribution in [0.2, 0.25) is 0 Å². The maximum Gasteiger partial charge on any atom is 0.246 e. The maximum atomic E-state index is 12.2. The van der Waals surface area contributed by atoms with Crippen LogP contribution in [0.15, 0.2) is 30.1 Å². The molecule has 1 aromatic rings. The van der Waals surface area contributed by atoms with Gasteiger partial charge < -0.3 is 14.6 Å². The van der Waals surface area contributed by atoms with Crippen molar-refractivity contribution in [2.45, 2.75) is 58.1 Å². The number of fused-ring (bicyclic) bond motifs is 5. The van der Waals surface area contributed by atoms with Gasteiger partial charge in [-0.3, -0.25) is 4.79 Å². The van der Waals surface area contributed by atoms with Gasteiger partial charge in [0.05, 0.1) is 6.10 Å². The Morgan fingerprint density at radius 1 is 1.21 bits per heavy atom. The molecule has 3 saturated carbocycles. The van der Waals surface area contributed by atoms with Crippen molar-refractivity contribution in [1.29, 1.82) is 0 Å². The lowest BCUT2D eigenvalue weighted by atomic mass is 9.48. The third-order valence-corrected chi connectivity index (χ3v) is 9.17. The minimum Gasteiger partial charge on any atom is -0.388 e. The van der Waals surface area contributed by atoms with Gasteiger partial charge in [0, 0.05) is 43.4 Å². The summed E-state index contributed by atoms with van der Waals surface area (Å²) in [5.74, 6) is 2.73. The van der Waals surface area contributed by atoms with E-state index in [2.05, 4.69) is 31.0 Å². The summed E-state index contributed by atoms with van der Waals surface area (Å²) in [5.41, 5.74) is 1.14. The first kappa shape index (κ1) is 19.1. The Balaban J connectivity index is 1.49. The summed E-state index contributed by atoms with van der Waals surface area (Å²) >= 11 is 0. The van der Waals surface area contributed by atoms with E-state index >= 15 is 0 Å². The molecular weight excluding hydrogens is 362 g/mol. The molecule has 2 unspecified atom stereocenters. The molecule has 0 bridgehead atoms. The average molecular weight is 396 g/mol. The van der Waals surface area contributed by atoms with Crippen LogP contribution in [0.25, 0.3) is 6.08 Å². The number of carbonyl (C=O) groups excluding carboxylic acids is 1. The first-order valence-electron chi connectivity index (χ1n) is 11.1. The Kier molecular flexibility index (Phi) is 4.16. The Morgan fingerprint density at radius 2 is 2.00 bits per heavy atom. The van der Waals surface area contributed by atoms with Crippen LogP contribution in [0.3, 0.4) is 0 Å². The molecule has 0 aromatic carbocycles. The van der Waals surface area contributed by atoms with E-state index in [1.807, 2.05) is 36.0 Å². The number of hydrogen-bond donors (Lipinski definition) is 1. The summed E-state index contributed by atoms with van der Waals surface area (Å²) < 4.78 is 2.01. The van der Waals surface area contributed by atoms with E-state index in [4.69, 9.17) is 0 Å². The van der Waals surface area contributed by atoms with Crippen LogP contribution in [0.5, 0.6) is 0 Å². The highest BCUT2D eigenvalue weighted by Crippen LogP contribution is 2.64. The van der Waals surface area contributed by atoms with Crippen molar-refractivity contribution >= 4 is 12.0 Å². The highest BCUT2D eigenvalue weighted by Gasteiger charge is 2.61. The molecule has 2 heterocycles. The number of aromatic nitrogens is 2. The van der Waals surface area contributed by atoms with Crippen LogP contribution in [-0.4, -0.2) is 44.7 Å². The molecule has 7 atom stereocenters. The molecule has 5 rings (SSSR count). The first-order chi connectivity index (χ1) is 13.8. The van der Waals surface area contributed by atoms with Gasteiger partial charge >= 0.3 is 0 Å². The van der Waals surface area contributed by atoms with Gasteiger partial charge in [-0.1, -0.05) is 19.9 Å². The summed E-state index contributed by atoms with van der Waals surface area (Å²) in [6, 6.07) is 0.305. The van der Waals surface area contributed by atoms with Gasteiger partial charge in [0.25, 0.3) is 0 Å². The van der Waals surface area contributed by atoms with Crippen LogP contribution in [0.1, 0.15) is 51.8 Å². The van der Waals surface area contributed by atoms with Crippen molar-refractivity contribution in [1.82, 2.24) is 14.5 Å². The van der Waals surface area contributed by atoms with E-state index in [0.29, 0.717) is 23.8 Å². The third-order valence-electron chi connectivity index (χ3n) is 9.17. The molecule has 5 heteroatoms. The molecule has 4 aliphatic rings. The number of amides is 1. The number of hydrogen-bond acceptors (Lipinski definition) is 3. The van der Waals surface area contributed by atoms with E-state index in [-0.39, 0.29) is 22.8 Å². The average Bonchev–Trinajstić information content (AvgIpc) is 3.20. The minimum absolute atomic E-state index is 0.0456. The third kappa shape index (κ3) is 2.56. The van der Waals surface area contributed by atoms with E-state index < -0.39 is 0 Å². The number of imidazole rings is 1. The summed E-state index contributed by atoms with van der Waals surface area (Å²) in [4.78, 5) is 18.7. The molecule has 156 valence electrons. The number of likely N-dealkylation sites (N-methyl/N-ethyl adjacent to an activating group) is 1. The normalized spacial score (nSPS) is 45.3. The minimum atomic E-state index is -0.387. The van der Waals surface area contributed by atoms with Gasteiger partial charge in [-0.2, -0.15) is 0 Å². The zero-order valence-electron chi connectivity index (χ0n) is 18.0. The number of aliphatic hydroxyl groups excluding tert-OH is 1. The number of aryl methyl sites for hydroxylation is 1. The molecule has 3 fully saturated rings. The van der Waals surface area contributed by atoms with Gasteiger partial charge in [-0.05, 0) is 67.6 Å². The Labute approximate surface area is 173 Å². The van der Waals surface area contributed by atoms with E-state index in [0.717, 1.165) is 43.5 Å². The second-order valence-corrected chi connectivity index (χ2v) is 10.4. The number of aliphatic hydroxyl groups is 1. The molecule has 29 heavy (non-hydrogen) atoms. The van der Waals surface area contributed by atoms with Crippen LogP contribution in [-0.2, 0) is 11.8 Å². The fourth-order valence-electron chi connectivity index (χ4n) is 7.42. The van der Waals surface area contributed by atoms with Gasteiger partial charge in [0.2, 0.25) is 5.91 Å². The molecular formula is C24H33N3O2. The quantitative estimate of drug-likeness (QED) is 0.793. The van der Waals surface area contributed by atoms with Gasteiger partial charge in [0.15, 0.2) is 0 Å². The number of rotatable bonds is 1. The van der Waals surface area contributed by atoms with Crippen molar-refractivity contribution < 1.29 is 9.90 Å². The summed E-state index contributed by atoms with van der Waals surface area (Å²) in [5, 5.41) is 11.3. The smallest absolute Gasteiger partial charge is 0.246 e. The van der Waals surface area contributed by atoms with Gasteiger partial charge in [-0.15, -0.1) is 0 Å². The van der Waals surface area contributed by atoms with Crippen molar-refractivity contribution in [3.05, 3.63) is 35.9 Å². The molecule has 0 saturated heterocycles. The SMILES string of the molecule is CN1C(=O)C=C[C@@]2(C)C1CC[C@@H]1[C@H]2CC[C@]2(C)C(O)C(=Cc3nccn3C)C[C@@H]12. The monoisotopic (exact) mass is 395 g/mol. The fraction of sp³-hybridized carbons (Fsp3) is 0.667. The zero-order chi connectivity index (χ0) is 20.6. The second kappa shape index (κ2) is 6.31. The molecule has 0 radical (unpaired) electrons. The Bertz CT molecular complexity index is 902. The largest absolute Gasteiger partial charge is 0.388 e. The lowest BCUT2D eigenvalue weighted by molar-refractivity contribution is -0.140. The molecule has 5 nitrogen and oxygen atoms in total. The summed E-state index contributed by atoms with van der Waals surface area (Å²) in [7, 11) is 3.97. The number of nitrogens with zero attached hydrogens (tertiary/aromatic N) is 3. The first-order valence-corrected chi connectivity index (χ1v) is 11.1. The van der Waals surface area contributed by atoms with Crippen LogP contribution in [0, 0.1) is 28.6 Å². The Morgan fingerprint density at radius 3 is 2.72 bits per heavy atom. The van der Waals surface area contributed by atoms with Crippen LogP contribution in [0.4, 0.5) is 0 Å².